The monoisotopic (exact) mass is 178 g/mol. The van der Waals surface area contributed by atoms with Crippen molar-refractivity contribution in [1.29, 1.82) is 0 Å². The van der Waals surface area contributed by atoms with Gasteiger partial charge in [0.15, 0.2) is 0 Å². The van der Waals surface area contributed by atoms with Gasteiger partial charge in [-0.05, 0) is 31.4 Å². The number of hydrogen-bond donors (Lipinski definition) is 1. The fourth-order valence-corrected chi connectivity index (χ4v) is 1.97. The van der Waals surface area contributed by atoms with Crippen molar-refractivity contribution in [3.05, 3.63) is 24.0 Å². The first kappa shape index (κ1) is 8.35. The largest absolute Gasteiger partial charge is 0.363 e. The lowest BCUT2D eigenvalue weighted by Crippen LogP contribution is -2.32. The standard InChI is InChI=1S/C10H14N2O/c13-8-12-7-2-1-5-10(12)9-4-3-6-11-9/h3-4,6,8,10-11H,1-2,5,7H2. The van der Waals surface area contributed by atoms with Gasteiger partial charge < -0.3 is 9.88 Å². The van der Waals surface area contributed by atoms with E-state index in [0.29, 0.717) is 0 Å². The molecule has 1 saturated heterocycles. The summed E-state index contributed by atoms with van der Waals surface area (Å²) in [5.74, 6) is 0. The summed E-state index contributed by atoms with van der Waals surface area (Å²) in [5.41, 5.74) is 1.16. The van der Waals surface area contributed by atoms with Crippen LogP contribution in [0.5, 0.6) is 0 Å². The highest BCUT2D eigenvalue weighted by atomic mass is 16.1. The van der Waals surface area contributed by atoms with Gasteiger partial charge in [-0.25, -0.2) is 0 Å². The number of piperidine rings is 1. The Bertz CT molecular complexity index is 268. The quantitative estimate of drug-likeness (QED) is 0.687. The number of carbonyl (C=O) groups excluding carboxylic acids is 1. The van der Waals surface area contributed by atoms with Crippen LogP contribution in [0.2, 0.25) is 0 Å². The molecule has 1 amide bonds. The number of amides is 1. The number of hydrogen-bond acceptors (Lipinski definition) is 1. The van der Waals surface area contributed by atoms with Crippen LogP contribution >= 0.6 is 0 Å². The molecule has 0 aliphatic carbocycles. The molecule has 0 aromatic carbocycles. The Morgan fingerprint density at radius 2 is 2.46 bits per heavy atom. The Morgan fingerprint density at radius 1 is 1.54 bits per heavy atom. The van der Waals surface area contributed by atoms with Crippen molar-refractivity contribution in [3.8, 4) is 0 Å². The third kappa shape index (κ3) is 1.59. The SMILES string of the molecule is O=CN1CCCCC1c1ccc[nH]1. The summed E-state index contributed by atoms with van der Waals surface area (Å²) in [4.78, 5) is 15.8. The predicted octanol–water partition coefficient (Wildman–Crippen LogP) is 1.70. The number of nitrogens with zero attached hydrogens (tertiary/aromatic N) is 1. The molecule has 1 fully saturated rings. The van der Waals surface area contributed by atoms with Crippen molar-refractivity contribution in [2.75, 3.05) is 6.54 Å². The molecule has 2 rings (SSSR count). The number of likely N-dealkylation sites (tertiary alicyclic amines) is 1. The van der Waals surface area contributed by atoms with E-state index < -0.39 is 0 Å². The van der Waals surface area contributed by atoms with Crippen LogP contribution in [-0.4, -0.2) is 22.8 Å². The summed E-state index contributed by atoms with van der Waals surface area (Å²) >= 11 is 0. The zero-order valence-electron chi connectivity index (χ0n) is 7.57. The molecule has 0 bridgehead atoms. The van der Waals surface area contributed by atoms with E-state index in [-0.39, 0.29) is 6.04 Å². The maximum atomic E-state index is 10.8. The van der Waals surface area contributed by atoms with Gasteiger partial charge in [-0.15, -0.1) is 0 Å². The van der Waals surface area contributed by atoms with Crippen molar-refractivity contribution < 1.29 is 4.79 Å². The molecule has 70 valence electrons. The van der Waals surface area contributed by atoms with Crippen molar-refractivity contribution in [2.45, 2.75) is 25.3 Å². The van der Waals surface area contributed by atoms with Gasteiger partial charge in [0, 0.05) is 18.4 Å². The summed E-state index contributed by atoms with van der Waals surface area (Å²) in [6.07, 6.45) is 6.31. The molecule has 1 atom stereocenters. The topological polar surface area (TPSA) is 36.1 Å². The first-order valence-corrected chi connectivity index (χ1v) is 4.76. The number of H-pyrrole nitrogens is 1. The van der Waals surface area contributed by atoms with E-state index in [4.69, 9.17) is 0 Å². The van der Waals surface area contributed by atoms with Crippen LogP contribution in [0, 0.1) is 0 Å². The molecule has 3 nitrogen and oxygen atoms in total. The molecule has 1 N–H and O–H groups in total. The molecule has 1 aromatic heterocycles. The second-order valence-electron chi connectivity index (χ2n) is 3.48. The Hall–Kier alpha value is -1.25. The Morgan fingerprint density at radius 3 is 3.15 bits per heavy atom. The molecule has 1 unspecified atom stereocenters. The molecule has 2 heterocycles. The lowest BCUT2D eigenvalue weighted by atomic mass is 10.0. The summed E-state index contributed by atoms with van der Waals surface area (Å²) in [6, 6.07) is 4.31. The highest BCUT2D eigenvalue weighted by Gasteiger charge is 2.22. The maximum absolute atomic E-state index is 10.8. The maximum Gasteiger partial charge on any atom is 0.210 e. The van der Waals surface area contributed by atoms with Crippen LogP contribution in [0.3, 0.4) is 0 Å². The second kappa shape index (κ2) is 3.64. The van der Waals surface area contributed by atoms with Crippen molar-refractivity contribution in [1.82, 2.24) is 9.88 Å². The van der Waals surface area contributed by atoms with Gasteiger partial charge in [-0.2, -0.15) is 0 Å². The summed E-state index contributed by atoms with van der Waals surface area (Å²) in [6.45, 7) is 0.896. The van der Waals surface area contributed by atoms with Gasteiger partial charge in [0.05, 0.1) is 6.04 Å². The van der Waals surface area contributed by atoms with Gasteiger partial charge in [-0.3, -0.25) is 4.79 Å². The molecule has 0 saturated carbocycles. The third-order valence-electron chi connectivity index (χ3n) is 2.66. The minimum atomic E-state index is 0.279. The van der Waals surface area contributed by atoms with Crippen LogP contribution in [0.25, 0.3) is 0 Å². The average molecular weight is 178 g/mol. The third-order valence-corrected chi connectivity index (χ3v) is 2.66. The average Bonchev–Trinajstić information content (AvgIpc) is 2.70. The van der Waals surface area contributed by atoms with Gasteiger partial charge in [0.1, 0.15) is 0 Å². The highest BCUT2D eigenvalue weighted by Crippen LogP contribution is 2.28. The predicted molar refractivity (Wildman–Crippen MR) is 50.2 cm³/mol. The lowest BCUT2D eigenvalue weighted by molar-refractivity contribution is -0.121. The summed E-state index contributed by atoms with van der Waals surface area (Å²) in [5, 5.41) is 0. The van der Waals surface area contributed by atoms with E-state index >= 15 is 0 Å². The fraction of sp³-hybridized carbons (Fsp3) is 0.500. The number of carbonyl (C=O) groups is 1. The smallest absolute Gasteiger partial charge is 0.210 e. The Labute approximate surface area is 77.7 Å². The van der Waals surface area contributed by atoms with Gasteiger partial charge >= 0.3 is 0 Å². The number of aromatic nitrogens is 1. The van der Waals surface area contributed by atoms with Crippen LogP contribution < -0.4 is 0 Å². The fourth-order valence-electron chi connectivity index (χ4n) is 1.97. The normalized spacial score (nSPS) is 23.1. The van der Waals surface area contributed by atoms with Crippen molar-refractivity contribution >= 4 is 6.41 Å². The molecule has 1 aromatic rings. The van der Waals surface area contributed by atoms with Crippen LogP contribution in [-0.2, 0) is 4.79 Å². The van der Waals surface area contributed by atoms with E-state index in [2.05, 4.69) is 4.98 Å². The lowest BCUT2D eigenvalue weighted by Gasteiger charge is -2.31. The van der Waals surface area contributed by atoms with Gasteiger partial charge in [0.2, 0.25) is 6.41 Å². The van der Waals surface area contributed by atoms with Gasteiger partial charge in [0.25, 0.3) is 0 Å². The van der Waals surface area contributed by atoms with Crippen molar-refractivity contribution in [3.63, 3.8) is 0 Å². The minimum absolute atomic E-state index is 0.279. The van der Waals surface area contributed by atoms with E-state index in [1.807, 2.05) is 23.2 Å². The highest BCUT2D eigenvalue weighted by molar-refractivity contribution is 5.48. The van der Waals surface area contributed by atoms with E-state index in [1.54, 1.807) is 0 Å². The van der Waals surface area contributed by atoms with Crippen LogP contribution in [0.4, 0.5) is 0 Å². The number of aromatic amines is 1. The van der Waals surface area contributed by atoms with Crippen LogP contribution in [0.1, 0.15) is 31.0 Å². The zero-order valence-corrected chi connectivity index (χ0v) is 7.57. The number of rotatable bonds is 2. The molecule has 13 heavy (non-hydrogen) atoms. The Balaban J connectivity index is 2.15. The first-order valence-electron chi connectivity index (χ1n) is 4.76. The van der Waals surface area contributed by atoms with E-state index in [9.17, 15) is 4.79 Å². The summed E-state index contributed by atoms with van der Waals surface area (Å²) in [7, 11) is 0. The Kier molecular flexibility index (Phi) is 2.34. The van der Waals surface area contributed by atoms with E-state index in [1.165, 1.54) is 6.42 Å². The number of nitrogens with one attached hydrogen (secondary N) is 1. The first-order chi connectivity index (χ1) is 6.42. The molecule has 3 heteroatoms. The molecule has 1 aliphatic rings. The summed E-state index contributed by atoms with van der Waals surface area (Å²) < 4.78 is 0. The van der Waals surface area contributed by atoms with E-state index in [0.717, 1.165) is 31.5 Å². The molecule has 1 aliphatic heterocycles. The second-order valence-corrected chi connectivity index (χ2v) is 3.48. The zero-order chi connectivity index (χ0) is 9.10. The molecule has 0 spiro atoms. The van der Waals surface area contributed by atoms with Crippen LogP contribution in [0.15, 0.2) is 18.3 Å². The van der Waals surface area contributed by atoms with Crippen molar-refractivity contribution in [2.24, 2.45) is 0 Å². The molecule has 0 radical (unpaired) electrons. The molecular formula is C10H14N2O. The molecular weight excluding hydrogens is 164 g/mol. The van der Waals surface area contributed by atoms with Gasteiger partial charge in [-0.1, -0.05) is 0 Å². The minimum Gasteiger partial charge on any atom is -0.363 e.